The van der Waals surface area contributed by atoms with Crippen LogP contribution in [0.15, 0.2) is 10.9 Å². The summed E-state index contributed by atoms with van der Waals surface area (Å²) in [5, 5.41) is 5.54. The number of nitrogens with zero attached hydrogens (tertiary/aromatic N) is 2. The third-order valence-corrected chi connectivity index (χ3v) is 3.58. The second-order valence-corrected chi connectivity index (χ2v) is 5.09. The first-order chi connectivity index (χ1) is 7.34. The average molecular weight is 225 g/mol. The zero-order valence-corrected chi connectivity index (χ0v) is 10.1. The predicted octanol–water partition coefficient (Wildman–Crippen LogP) is 1.57. The molecule has 0 saturated carbocycles. The maximum Gasteiger partial charge on any atom is 0.0795 e. The summed E-state index contributed by atoms with van der Waals surface area (Å²) in [6.45, 7) is 4.58. The lowest BCUT2D eigenvalue weighted by atomic mass is 9.98. The fourth-order valence-electron chi connectivity index (χ4n) is 2.16. The molecule has 0 spiro atoms. The molecular formula is C11H19N3S. The van der Waals surface area contributed by atoms with Crippen LogP contribution in [0.5, 0.6) is 0 Å². The average Bonchev–Trinajstić information content (AvgIpc) is 2.71. The predicted molar refractivity (Wildman–Crippen MR) is 64.0 cm³/mol. The summed E-state index contributed by atoms with van der Waals surface area (Å²) in [6, 6.07) is 0. The molecule has 0 unspecified atom stereocenters. The minimum absolute atomic E-state index is 0.870. The van der Waals surface area contributed by atoms with Crippen molar-refractivity contribution in [2.24, 2.45) is 5.92 Å². The van der Waals surface area contributed by atoms with Crippen molar-refractivity contribution in [1.82, 2.24) is 15.2 Å². The van der Waals surface area contributed by atoms with E-state index in [9.17, 15) is 0 Å². The largest absolute Gasteiger partial charge is 0.317 e. The van der Waals surface area contributed by atoms with Crippen molar-refractivity contribution < 1.29 is 0 Å². The molecule has 0 radical (unpaired) electrons. The van der Waals surface area contributed by atoms with Crippen molar-refractivity contribution in [1.29, 1.82) is 0 Å². The van der Waals surface area contributed by atoms with Gasteiger partial charge in [0.2, 0.25) is 0 Å². The van der Waals surface area contributed by atoms with Crippen molar-refractivity contribution in [3.05, 3.63) is 16.6 Å². The molecule has 0 amide bonds. The Bertz CT molecular complexity index is 267. The number of rotatable bonds is 4. The molecule has 2 heterocycles. The van der Waals surface area contributed by atoms with Crippen molar-refractivity contribution in [2.75, 3.05) is 26.7 Å². The number of hydrogen-bond donors (Lipinski definition) is 1. The summed E-state index contributed by atoms with van der Waals surface area (Å²) in [4.78, 5) is 6.71. The highest BCUT2D eigenvalue weighted by atomic mass is 32.1. The van der Waals surface area contributed by atoms with Gasteiger partial charge in [-0.1, -0.05) is 0 Å². The molecule has 84 valence electrons. The van der Waals surface area contributed by atoms with Crippen LogP contribution in [0.25, 0.3) is 0 Å². The van der Waals surface area contributed by atoms with Gasteiger partial charge in [-0.3, -0.25) is 0 Å². The molecule has 2 rings (SSSR count). The first-order valence-corrected chi connectivity index (χ1v) is 6.55. The molecule has 1 aromatic rings. The fourth-order valence-corrected chi connectivity index (χ4v) is 2.71. The van der Waals surface area contributed by atoms with Gasteiger partial charge in [-0.05, 0) is 38.9 Å². The summed E-state index contributed by atoms with van der Waals surface area (Å²) >= 11 is 1.68. The van der Waals surface area contributed by atoms with Crippen LogP contribution in [-0.2, 0) is 6.54 Å². The van der Waals surface area contributed by atoms with Crippen molar-refractivity contribution >= 4 is 11.3 Å². The van der Waals surface area contributed by atoms with Gasteiger partial charge >= 0.3 is 0 Å². The van der Waals surface area contributed by atoms with E-state index in [4.69, 9.17) is 0 Å². The first kappa shape index (κ1) is 11.0. The molecule has 0 aliphatic carbocycles. The minimum Gasteiger partial charge on any atom is -0.317 e. The molecule has 0 aromatic carbocycles. The van der Waals surface area contributed by atoms with Crippen molar-refractivity contribution in [3.8, 4) is 0 Å². The van der Waals surface area contributed by atoms with Gasteiger partial charge in [0, 0.05) is 18.5 Å². The van der Waals surface area contributed by atoms with Gasteiger partial charge in [0.15, 0.2) is 0 Å². The second-order valence-electron chi connectivity index (χ2n) is 4.37. The quantitative estimate of drug-likeness (QED) is 0.843. The van der Waals surface area contributed by atoms with Crippen LogP contribution >= 0.6 is 11.3 Å². The molecule has 15 heavy (non-hydrogen) atoms. The molecule has 3 nitrogen and oxygen atoms in total. The zero-order valence-electron chi connectivity index (χ0n) is 9.28. The van der Waals surface area contributed by atoms with Crippen LogP contribution in [0.3, 0.4) is 0 Å². The van der Waals surface area contributed by atoms with Gasteiger partial charge in [-0.2, -0.15) is 0 Å². The van der Waals surface area contributed by atoms with Crippen LogP contribution in [0, 0.1) is 5.92 Å². The van der Waals surface area contributed by atoms with Crippen LogP contribution in [0.1, 0.15) is 18.5 Å². The molecule has 1 aromatic heterocycles. The summed E-state index contributed by atoms with van der Waals surface area (Å²) in [6.07, 6.45) is 2.64. The summed E-state index contributed by atoms with van der Waals surface area (Å²) in [5.41, 5.74) is 3.12. The Hall–Kier alpha value is -0.450. The third-order valence-electron chi connectivity index (χ3n) is 2.94. The molecule has 0 bridgehead atoms. The highest BCUT2D eigenvalue weighted by molar-refractivity contribution is 7.07. The van der Waals surface area contributed by atoms with Gasteiger partial charge in [0.25, 0.3) is 0 Å². The fraction of sp³-hybridized carbons (Fsp3) is 0.727. The monoisotopic (exact) mass is 225 g/mol. The Labute approximate surface area is 95.5 Å². The standard InChI is InChI=1S/C11H19N3S/c1-14(7-11-8-15-9-13-11)6-10-2-4-12-5-3-10/h8-10,12H,2-7H2,1H3. The van der Waals surface area contributed by atoms with Crippen LogP contribution in [0.2, 0.25) is 0 Å². The van der Waals surface area contributed by atoms with E-state index in [0.717, 1.165) is 12.5 Å². The lowest BCUT2D eigenvalue weighted by Crippen LogP contribution is -2.34. The number of aromatic nitrogens is 1. The van der Waals surface area contributed by atoms with E-state index in [1.165, 1.54) is 38.2 Å². The number of piperidine rings is 1. The molecular weight excluding hydrogens is 206 g/mol. The number of nitrogens with one attached hydrogen (secondary N) is 1. The van der Waals surface area contributed by atoms with E-state index in [2.05, 4.69) is 27.6 Å². The number of hydrogen-bond acceptors (Lipinski definition) is 4. The smallest absolute Gasteiger partial charge is 0.0795 e. The van der Waals surface area contributed by atoms with Crippen molar-refractivity contribution in [3.63, 3.8) is 0 Å². The van der Waals surface area contributed by atoms with E-state index < -0.39 is 0 Å². The Morgan fingerprint density at radius 3 is 3.00 bits per heavy atom. The molecule has 4 heteroatoms. The van der Waals surface area contributed by atoms with Gasteiger partial charge in [-0.15, -0.1) is 11.3 Å². The Morgan fingerprint density at radius 2 is 2.33 bits per heavy atom. The highest BCUT2D eigenvalue weighted by Gasteiger charge is 2.15. The van der Waals surface area contributed by atoms with Crippen LogP contribution < -0.4 is 5.32 Å². The van der Waals surface area contributed by atoms with Gasteiger partial charge < -0.3 is 10.2 Å². The van der Waals surface area contributed by atoms with Gasteiger partial charge in [-0.25, -0.2) is 4.98 Å². The molecule has 1 saturated heterocycles. The lowest BCUT2D eigenvalue weighted by molar-refractivity contribution is 0.233. The van der Waals surface area contributed by atoms with E-state index >= 15 is 0 Å². The molecule has 1 aliphatic rings. The van der Waals surface area contributed by atoms with Crippen molar-refractivity contribution in [2.45, 2.75) is 19.4 Å². The normalized spacial score (nSPS) is 18.5. The van der Waals surface area contributed by atoms with Gasteiger partial charge in [0.1, 0.15) is 0 Å². The summed E-state index contributed by atoms with van der Waals surface area (Å²) in [7, 11) is 2.20. The third kappa shape index (κ3) is 3.55. The first-order valence-electron chi connectivity index (χ1n) is 5.61. The SMILES string of the molecule is CN(Cc1cscn1)CC1CCNCC1. The van der Waals surface area contributed by atoms with Crippen LogP contribution in [-0.4, -0.2) is 36.6 Å². The van der Waals surface area contributed by atoms with Gasteiger partial charge in [0.05, 0.1) is 11.2 Å². The number of thiazole rings is 1. The van der Waals surface area contributed by atoms with E-state index in [-0.39, 0.29) is 0 Å². The molecule has 1 aliphatic heterocycles. The summed E-state index contributed by atoms with van der Waals surface area (Å²) in [5.74, 6) is 0.870. The second kappa shape index (κ2) is 5.58. The molecule has 1 N–H and O–H groups in total. The Kier molecular flexibility index (Phi) is 4.11. The van der Waals surface area contributed by atoms with E-state index in [0.29, 0.717) is 0 Å². The Morgan fingerprint density at radius 1 is 1.53 bits per heavy atom. The summed E-state index contributed by atoms with van der Waals surface area (Å²) < 4.78 is 0. The molecule has 1 fully saturated rings. The maximum atomic E-state index is 4.31. The minimum atomic E-state index is 0.870. The lowest BCUT2D eigenvalue weighted by Gasteiger charge is -2.27. The molecule has 0 atom stereocenters. The zero-order chi connectivity index (χ0) is 10.5. The maximum absolute atomic E-state index is 4.31. The Balaban J connectivity index is 1.74. The highest BCUT2D eigenvalue weighted by Crippen LogP contribution is 2.14. The van der Waals surface area contributed by atoms with Crippen LogP contribution in [0.4, 0.5) is 0 Å². The van der Waals surface area contributed by atoms with E-state index in [1.54, 1.807) is 11.3 Å². The van der Waals surface area contributed by atoms with E-state index in [1.807, 2.05) is 5.51 Å². The topological polar surface area (TPSA) is 28.2 Å².